The Bertz CT molecular complexity index is 492. The van der Waals surface area contributed by atoms with Crippen molar-refractivity contribution in [3.05, 3.63) is 42.5 Å². The van der Waals surface area contributed by atoms with E-state index < -0.39 is 0 Å². The highest BCUT2D eigenvalue weighted by molar-refractivity contribution is 5.77. The molecule has 0 saturated carbocycles. The summed E-state index contributed by atoms with van der Waals surface area (Å²) in [5.41, 5.74) is 8.27. The maximum absolute atomic E-state index is 9.42. The zero-order valence-corrected chi connectivity index (χ0v) is 8.97. The third-order valence-electron chi connectivity index (χ3n) is 2.44. The average Bonchev–Trinajstić information content (AvgIpc) is 2.32. The summed E-state index contributed by atoms with van der Waals surface area (Å²) in [4.78, 5) is 0. The number of aromatic hydroxyl groups is 1. The van der Waals surface area contributed by atoms with Gasteiger partial charge in [0, 0.05) is 11.3 Å². The molecule has 0 fully saturated rings. The number of phenolic OH excluding ortho intramolecular Hbond substituents is 1. The van der Waals surface area contributed by atoms with Crippen molar-refractivity contribution in [2.45, 2.75) is 0 Å². The molecule has 0 atom stereocenters. The molecule has 82 valence electrons. The van der Waals surface area contributed by atoms with Crippen LogP contribution >= 0.6 is 0 Å². The van der Waals surface area contributed by atoms with E-state index in [0.29, 0.717) is 5.69 Å². The number of ether oxygens (including phenoxy) is 1. The van der Waals surface area contributed by atoms with Crippen molar-refractivity contribution in [3.8, 4) is 22.6 Å². The van der Waals surface area contributed by atoms with Crippen LogP contribution in [-0.2, 0) is 0 Å². The summed E-state index contributed by atoms with van der Waals surface area (Å²) < 4.78 is 5.08. The van der Waals surface area contributed by atoms with Crippen molar-refractivity contribution < 1.29 is 9.84 Å². The summed E-state index contributed by atoms with van der Waals surface area (Å²) in [5, 5.41) is 9.42. The van der Waals surface area contributed by atoms with Gasteiger partial charge < -0.3 is 15.6 Å². The van der Waals surface area contributed by atoms with Crippen molar-refractivity contribution in [3.63, 3.8) is 0 Å². The molecule has 0 heterocycles. The maximum Gasteiger partial charge on any atom is 0.118 e. The van der Waals surface area contributed by atoms with Gasteiger partial charge in [-0.3, -0.25) is 0 Å². The maximum atomic E-state index is 9.42. The largest absolute Gasteiger partial charge is 0.508 e. The van der Waals surface area contributed by atoms with Gasteiger partial charge in [0.25, 0.3) is 0 Å². The monoisotopic (exact) mass is 215 g/mol. The lowest BCUT2D eigenvalue weighted by Crippen LogP contribution is -1.89. The van der Waals surface area contributed by atoms with Gasteiger partial charge in [-0.1, -0.05) is 12.1 Å². The first-order valence-corrected chi connectivity index (χ1v) is 4.93. The summed E-state index contributed by atoms with van der Waals surface area (Å²) in [6, 6.07) is 12.4. The summed E-state index contributed by atoms with van der Waals surface area (Å²) in [6.07, 6.45) is 0. The van der Waals surface area contributed by atoms with E-state index in [1.807, 2.05) is 24.3 Å². The van der Waals surface area contributed by atoms with E-state index in [0.717, 1.165) is 16.9 Å². The number of hydrogen-bond acceptors (Lipinski definition) is 3. The Morgan fingerprint density at radius 1 is 1.06 bits per heavy atom. The number of methoxy groups -OCH3 is 1. The van der Waals surface area contributed by atoms with Crippen molar-refractivity contribution in [1.82, 2.24) is 0 Å². The molecule has 2 rings (SSSR count). The van der Waals surface area contributed by atoms with Crippen LogP contribution in [0.4, 0.5) is 5.69 Å². The predicted octanol–water partition coefficient (Wildman–Crippen LogP) is 2.65. The van der Waals surface area contributed by atoms with Crippen LogP contribution in [0.25, 0.3) is 11.1 Å². The molecule has 0 aliphatic rings. The number of phenols is 1. The topological polar surface area (TPSA) is 55.5 Å². The summed E-state index contributed by atoms with van der Waals surface area (Å²) in [7, 11) is 1.62. The van der Waals surface area contributed by atoms with E-state index in [1.165, 1.54) is 0 Å². The fourth-order valence-electron chi connectivity index (χ4n) is 1.56. The van der Waals surface area contributed by atoms with Crippen molar-refractivity contribution >= 4 is 5.69 Å². The third kappa shape index (κ3) is 1.93. The number of hydrogen-bond donors (Lipinski definition) is 2. The first kappa shape index (κ1) is 10.4. The standard InChI is InChI=1S/C13H13NO2/c1-16-11-5-2-9(3-6-11)12-8-10(15)4-7-13(12)14/h2-8,15H,14H2,1H3. The molecule has 2 aromatic carbocycles. The minimum atomic E-state index is 0.208. The van der Waals surface area contributed by atoms with Crippen LogP contribution in [0.1, 0.15) is 0 Å². The molecule has 0 aliphatic heterocycles. The smallest absolute Gasteiger partial charge is 0.118 e. The molecule has 0 aliphatic carbocycles. The van der Waals surface area contributed by atoms with Gasteiger partial charge in [-0.05, 0) is 35.9 Å². The van der Waals surface area contributed by atoms with Crippen LogP contribution in [0.2, 0.25) is 0 Å². The molecule has 0 aromatic heterocycles. The van der Waals surface area contributed by atoms with Crippen LogP contribution in [0.15, 0.2) is 42.5 Å². The number of nitrogens with two attached hydrogens (primary N) is 1. The van der Waals surface area contributed by atoms with Crippen LogP contribution in [-0.4, -0.2) is 12.2 Å². The van der Waals surface area contributed by atoms with Gasteiger partial charge >= 0.3 is 0 Å². The van der Waals surface area contributed by atoms with E-state index in [9.17, 15) is 5.11 Å². The summed E-state index contributed by atoms with van der Waals surface area (Å²) in [6.45, 7) is 0. The molecule has 0 saturated heterocycles. The molecule has 3 N–H and O–H groups in total. The van der Waals surface area contributed by atoms with Gasteiger partial charge in [-0.15, -0.1) is 0 Å². The van der Waals surface area contributed by atoms with Gasteiger partial charge in [0.2, 0.25) is 0 Å². The van der Waals surface area contributed by atoms with E-state index >= 15 is 0 Å². The van der Waals surface area contributed by atoms with Crippen molar-refractivity contribution in [2.75, 3.05) is 12.8 Å². The van der Waals surface area contributed by atoms with E-state index in [2.05, 4.69) is 0 Å². The van der Waals surface area contributed by atoms with Crippen molar-refractivity contribution in [1.29, 1.82) is 0 Å². The van der Waals surface area contributed by atoms with Crippen LogP contribution in [0.5, 0.6) is 11.5 Å². The molecule has 0 radical (unpaired) electrons. The van der Waals surface area contributed by atoms with Gasteiger partial charge in [-0.25, -0.2) is 0 Å². The molecular weight excluding hydrogens is 202 g/mol. The normalized spacial score (nSPS) is 10.1. The Morgan fingerprint density at radius 3 is 2.38 bits per heavy atom. The Hall–Kier alpha value is -2.16. The van der Waals surface area contributed by atoms with Gasteiger partial charge in [0.15, 0.2) is 0 Å². The lowest BCUT2D eigenvalue weighted by Gasteiger charge is -2.07. The Morgan fingerprint density at radius 2 is 1.75 bits per heavy atom. The van der Waals surface area contributed by atoms with Gasteiger partial charge in [0.05, 0.1) is 7.11 Å². The average molecular weight is 215 g/mol. The molecule has 0 spiro atoms. The Labute approximate surface area is 94.1 Å². The molecule has 3 heteroatoms. The van der Waals surface area contributed by atoms with E-state index in [4.69, 9.17) is 10.5 Å². The lowest BCUT2D eigenvalue weighted by atomic mass is 10.0. The van der Waals surface area contributed by atoms with Crippen LogP contribution in [0.3, 0.4) is 0 Å². The zero-order valence-electron chi connectivity index (χ0n) is 8.97. The highest BCUT2D eigenvalue weighted by Crippen LogP contribution is 2.30. The van der Waals surface area contributed by atoms with E-state index in [-0.39, 0.29) is 5.75 Å². The fraction of sp³-hybridized carbons (Fsp3) is 0.0769. The second-order valence-corrected chi connectivity index (χ2v) is 3.50. The first-order valence-electron chi connectivity index (χ1n) is 4.93. The minimum absolute atomic E-state index is 0.208. The second-order valence-electron chi connectivity index (χ2n) is 3.50. The van der Waals surface area contributed by atoms with Crippen LogP contribution in [0, 0.1) is 0 Å². The number of rotatable bonds is 2. The Balaban J connectivity index is 2.45. The number of anilines is 1. The second kappa shape index (κ2) is 4.14. The molecule has 3 nitrogen and oxygen atoms in total. The number of nitrogen functional groups attached to an aromatic ring is 1. The zero-order chi connectivity index (χ0) is 11.5. The Kier molecular flexibility index (Phi) is 2.68. The molecule has 2 aromatic rings. The number of benzene rings is 2. The minimum Gasteiger partial charge on any atom is -0.508 e. The quantitative estimate of drug-likeness (QED) is 0.598. The molecule has 0 unspecified atom stereocenters. The van der Waals surface area contributed by atoms with Crippen molar-refractivity contribution in [2.24, 2.45) is 0 Å². The third-order valence-corrected chi connectivity index (χ3v) is 2.44. The molecular formula is C13H13NO2. The summed E-state index contributed by atoms with van der Waals surface area (Å²) >= 11 is 0. The first-order chi connectivity index (χ1) is 7.70. The van der Waals surface area contributed by atoms with E-state index in [1.54, 1.807) is 25.3 Å². The lowest BCUT2D eigenvalue weighted by molar-refractivity contribution is 0.415. The van der Waals surface area contributed by atoms with Gasteiger partial charge in [0.1, 0.15) is 11.5 Å². The van der Waals surface area contributed by atoms with Gasteiger partial charge in [-0.2, -0.15) is 0 Å². The van der Waals surface area contributed by atoms with Crippen LogP contribution < -0.4 is 10.5 Å². The summed E-state index contributed by atoms with van der Waals surface area (Å²) in [5.74, 6) is 1.00. The molecule has 16 heavy (non-hydrogen) atoms. The SMILES string of the molecule is COc1ccc(-c2cc(O)ccc2N)cc1. The molecule has 0 bridgehead atoms. The molecule has 0 amide bonds. The highest BCUT2D eigenvalue weighted by atomic mass is 16.5. The predicted molar refractivity (Wildman–Crippen MR) is 64.5 cm³/mol. The fourth-order valence-corrected chi connectivity index (χ4v) is 1.56. The highest BCUT2D eigenvalue weighted by Gasteiger charge is 2.03.